The molecule has 2 rings (SSSR count). The van der Waals surface area contributed by atoms with Crippen molar-refractivity contribution < 1.29 is 23.8 Å². The van der Waals surface area contributed by atoms with Crippen LogP contribution in [-0.2, 0) is 9.53 Å². The van der Waals surface area contributed by atoms with Gasteiger partial charge in [-0.3, -0.25) is 4.79 Å². The van der Waals surface area contributed by atoms with Gasteiger partial charge in [0.25, 0.3) is 0 Å². The van der Waals surface area contributed by atoms with E-state index in [4.69, 9.17) is 14.2 Å². The van der Waals surface area contributed by atoms with Gasteiger partial charge >= 0.3 is 5.97 Å². The Labute approximate surface area is 124 Å². The molecule has 0 spiro atoms. The Morgan fingerprint density at radius 1 is 1.35 bits per heavy atom. The number of cyclic esters (lactones) is 1. The third kappa shape index (κ3) is 2.70. The van der Waals surface area contributed by atoms with Gasteiger partial charge in [-0.05, 0) is 34.1 Å². The molecule has 6 heteroatoms. The highest BCUT2D eigenvalue weighted by molar-refractivity contribution is 9.12. The summed E-state index contributed by atoms with van der Waals surface area (Å²) in [5, 5.41) is 0. The number of ether oxygens (including phenoxy) is 3. The van der Waals surface area contributed by atoms with E-state index in [0.717, 1.165) is 0 Å². The molecule has 0 aromatic heterocycles. The molecule has 0 saturated heterocycles. The molecular weight excluding hydrogens is 328 g/mol. The molecule has 0 saturated carbocycles. The zero-order valence-electron chi connectivity index (χ0n) is 11.2. The number of methoxy groups -OCH3 is 1. The SMILES string of the molecule is COc1ccc(/C=C(\Br)C=O)c2c1C(=O)OC(C)(C)O2. The number of esters is 1. The second-order valence-electron chi connectivity index (χ2n) is 4.60. The van der Waals surface area contributed by atoms with Gasteiger partial charge in [0.1, 0.15) is 17.1 Å². The van der Waals surface area contributed by atoms with Gasteiger partial charge in [0.05, 0.1) is 11.6 Å². The standard InChI is InChI=1S/C14H13BrO5/c1-14(2)19-12-8(6-9(15)7-16)4-5-10(18-3)11(12)13(17)20-14/h4-7H,1-3H3/b9-6-. The van der Waals surface area contributed by atoms with E-state index in [-0.39, 0.29) is 5.56 Å². The molecule has 1 aliphatic rings. The van der Waals surface area contributed by atoms with E-state index in [1.54, 1.807) is 32.1 Å². The van der Waals surface area contributed by atoms with E-state index in [0.29, 0.717) is 27.8 Å². The second kappa shape index (κ2) is 5.28. The number of allylic oxidation sites excluding steroid dienone is 1. The van der Waals surface area contributed by atoms with Crippen LogP contribution in [0.3, 0.4) is 0 Å². The zero-order valence-corrected chi connectivity index (χ0v) is 12.8. The van der Waals surface area contributed by atoms with Gasteiger partial charge in [-0.15, -0.1) is 0 Å². The van der Waals surface area contributed by atoms with Crippen molar-refractivity contribution in [2.24, 2.45) is 0 Å². The van der Waals surface area contributed by atoms with Crippen LogP contribution in [0.2, 0.25) is 0 Å². The molecule has 20 heavy (non-hydrogen) atoms. The highest BCUT2D eigenvalue weighted by Gasteiger charge is 2.37. The van der Waals surface area contributed by atoms with Gasteiger partial charge < -0.3 is 14.2 Å². The second-order valence-corrected chi connectivity index (χ2v) is 5.52. The third-order valence-corrected chi connectivity index (χ3v) is 3.08. The lowest BCUT2D eigenvalue weighted by Gasteiger charge is -2.33. The Hall–Kier alpha value is -1.82. The molecule has 0 aliphatic carbocycles. The highest BCUT2D eigenvalue weighted by Crippen LogP contribution is 2.40. The smallest absolute Gasteiger partial charge is 0.349 e. The van der Waals surface area contributed by atoms with Gasteiger partial charge in [-0.25, -0.2) is 4.79 Å². The largest absolute Gasteiger partial charge is 0.496 e. The predicted octanol–water partition coefficient (Wildman–Crippen LogP) is 2.92. The van der Waals surface area contributed by atoms with Crippen LogP contribution in [0.1, 0.15) is 29.8 Å². The van der Waals surface area contributed by atoms with Gasteiger partial charge in [-0.2, -0.15) is 0 Å². The number of aldehydes is 1. The van der Waals surface area contributed by atoms with Crippen LogP contribution in [0.4, 0.5) is 0 Å². The van der Waals surface area contributed by atoms with E-state index in [1.807, 2.05) is 0 Å². The number of benzene rings is 1. The van der Waals surface area contributed by atoms with Crippen LogP contribution in [0.15, 0.2) is 16.6 Å². The Balaban J connectivity index is 2.67. The highest BCUT2D eigenvalue weighted by atomic mass is 79.9. The minimum Gasteiger partial charge on any atom is -0.496 e. The van der Waals surface area contributed by atoms with E-state index in [2.05, 4.69) is 15.9 Å². The van der Waals surface area contributed by atoms with E-state index >= 15 is 0 Å². The first-order valence-corrected chi connectivity index (χ1v) is 6.63. The Morgan fingerprint density at radius 3 is 2.65 bits per heavy atom. The lowest BCUT2D eigenvalue weighted by Crippen LogP contribution is -2.39. The van der Waals surface area contributed by atoms with Crippen LogP contribution < -0.4 is 9.47 Å². The first kappa shape index (κ1) is 14.6. The van der Waals surface area contributed by atoms with Crippen molar-refractivity contribution in [3.8, 4) is 11.5 Å². The monoisotopic (exact) mass is 340 g/mol. The molecule has 1 aliphatic heterocycles. The maximum atomic E-state index is 12.1. The van der Waals surface area contributed by atoms with Gasteiger partial charge in [0.15, 0.2) is 6.29 Å². The molecular formula is C14H13BrO5. The molecule has 5 nitrogen and oxygen atoms in total. The number of hydrogen-bond acceptors (Lipinski definition) is 5. The molecule has 0 unspecified atom stereocenters. The molecule has 1 aromatic rings. The fourth-order valence-corrected chi connectivity index (χ4v) is 2.14. The summed E-state index contributed by atoms with van der Waals surface area (Å²) in [6, 6.07) is 3.33. The summed E-state index contributed by atoms with van der Waals surface area (Å²) in [5.41, 5.74) is 0.802. The van der Waals surface area contributed by atoms with E-state index < -0.39 is 11.8 Å². The van der Waals surface area contributed by atoms with Crippen LogP contribution in [0.25, 0.3) is 6.08 Å². The summed E-state index contributed by atoms with van der Waals surface area (Å²) < 4.78 is 16.4. The minimum absolute atomic E-state index is 0.215. The number of hydrogen-bond donors (Lipinski definition) is 0. The van der Waals surface area contributed by atoms with Crippen molar-refractivity contribution in [1.29, 1.82) is 0 Å². The third-order valence-electron chi connectivity index (χ3n) is 2.67. The van der Waals surface area contributed by atoms with Gasteiger partial charge in [0.2, 0.25) is 5.79 Å². The Morgan fingerprint density at radius 2 is 2.05 bits per heavy atom. The van der Waals surface area contributed by atoms with Crippen LogP contribution in [0.5, 0.6) is 11.5 Å². The van der Waals surface area contributed by atoms with Crippen LogP contribution >= 0.6 is 15.9 Å². The molecule has 1 heterocycles. The topological polar surface area (TPSA) is 61.8 Å². The summed E-state index contributed by atoms with van der Waals surface area (Å²) in [6.45, 7) is 3.27. The minimum atomic E-state index is -1.08. The number of rotatable bonds is 3. The Bertz CT molecular complexity index is 604. The first-order chi connectivity index (χ1) is 9.38. The molecule has 0 N–H and O–H groups in total. The first-order valence-electron chi connectivity index (χ1n) is 5.83. The zero-order chi connectivity index (χ0) is 14.9. The van der Waals surface area contributed by atoms with Crippen molar-refractivity contribution in [3.05, 3.63) is 27.7 Å². The molecule has 0 fully saturated rings. The maximum Gasteiger partial charge on any atom is 0.349 e. The van der Waals surface area contributed by atoms with Gasteiger partial charge in [0, 0.05) is 19.4 Å². The summed E-state index contributed by atoms with van der Waals surface area (Å²) in [4.78, 5) is 22.8. The maximum absolute atomic E-state index is 12.1. The van der Waals surface area contributed by atoms with Crippen molar-refractivity contribution in [3.63, 3.8) is 0 Å². The fourth-order valence-electron chi connectivity index (χ4n) is 1.89. The number of carbonyl (C=O) groups is 2. The number of fused-ring (bicyclic) bond motifs is 1. The number of halogens is 1. The van der Waals surface area contributed by atoms with Crippen molar-refractivity contribution in [1.82, 2.24) is 0 Å². The van der Waals surface area contributed by atoms with Crippen LogP contribution in [0, 0.1) is 0 Å². The predicted molar refractivity (Wildman–Crippen MR) is 76.1 cm³/mol. The van der Waals surface area contributed by atoms with Crippen molar-refractivity contribution in [2.75, 3.05) is 7.11 Å². The summed E-state index contributed by atoms with van der Waals surface area (Å²) in [5.74, 6) is -0.901. The van der Waals surface area contributed by atoms with E-state index in [9.17, 15) is 9.59 Å². The quantitative estimate of drug-likeness (QED) is 0.481. The average Bonchev–Trinajstić information content (AvgIpc) is 2.38. The fraction of sp³-hybridized carbons (Fsp3) is 0.286. The summed E-state index contributed by atoms with van der Waals surface area (Å²) in [6.07, 6.45) is 2.23. The normalized spacial score (nSPS) is 16.8. The molecule has 0 atom stereocenters. The average molecular weight is 341 g/mol. The summed E-state index contributed by atoms with van der Waals surface area (Å²) >= 11 is 3.11. The van der Waals surface area contributed by atoms with Crippen LogP contribution in [-0.4, -0.2) is 25.2 Å². The Kier molecular flexibility index (Phi) is 3.85. The molecule has 0 bridgehead atoms. The van der Waals surface area contributed by atoms with Crippen molar-refractivity contribution in [2.45, 2.75) is 19.6 Å². The molecule has 0 amide bonds. The number of carbonyl (C=O) groups excluding carboxylic acids is 2. The lowest BCUT2D eigenvalue weighted by molar-refractivity contribution is -0.127. The molecule has 106 valence electrons. The lowest BCUT2D eigenvalue weighted by atomic mass is 10.0. The molecule has 1 aromatic carbocycles. The van der Waals surface area contributed by atoms with E-state index in [1.165, 1.54) is 7.11 Å². The van der Waals surface area contributed by atoms with Crippen molar-refractivity contribution >= 4 is 34.3 Å². The van der Waals surface area contributed by atoms with Gasteiger partial charge in [-0.1, -0.05) is 0 Å². The summed E-state index contributed by atoms with van der Waals surface area (Å²) in [7, 11) is 1.46. The molecule has 0 radical (unpaired) electrons.